The molecule has 0 saturated heterocycles. The van der Waals surface area contributed by atoms with Crippen LogP contribution < -0.4 is 11.1 Å². The van der Waals surface area contributed by atoms with E-state index >= 15 is 0 Å². The van der Waals surface area contributed by atoms with Gasteiger partial charge in [-0.05, 0) is 25.1 Å². The van der Waals surface area contributed by atoms with Gasteiger partial charge in [0.05, 0.1) is 22.8 Å². The molecule has 7 nitrogen and oxygen atoms in total. The third kappa shape index (κ3) is 3.22. The molecular weight excluding hydrogens is 268 g/mol. The van der Waals surface area contributed by atoms with Crippen LogP contribution in [-0.2, 0) is 16.4 Å². The number of benzene rings is 1. The zero-order chi connectivity index (χ0) is 14.0. The van der Waals surface area contributed by atoms with Gasteiger partial charge in [-0.2, -0.15) is 4.98 Å². The number of aromatic nitrogens is 2. The molecule has 0 aliphatic heterocycles. The summed E-state index contributed by atoms with van der Waals surface area (Å²) in [7, 11) is -3.25. The summed E-state index contributed by atoms with van der Waals surface area (Å²) >= 11 is 0. The summed E-state index contributed by atoms with van der Waals surface area (Å²) < 4.78 is 27.7. The van der Waals surface area contributed by atoms with E-state index in [-0.39, 0.29) is 4.90 Å². The molecule has 0 spiro atoms. The summed E-state index contributed by atoms with van der Waals surface area (Å²) in [5.41, 5.74) is 6.75. The number of nitrogens with two attached hydrogens (primary N) is 1. The Morgan fingerprint density at radius 2 is 2.16 bits per heavy atom. The molecule has 0 aliphatic rings. The van der Waals surface area contributed by atoms with Crippen molar-refractivity contribution in [2.24, 2.45) is 0 Å². The van der Waals surface area contributed by atoms with Gasteiger partial charge in [0.2, 0.25) is 5.89 Å². The van der Waals surface area contributed by atoms with Crippen LogP contribution in [0.25, 0.3) is 0 Å². The molecule has 1 heterocycles. The van der Waals surface area contributed by atoms with E-state index in [1.54, 1.807) is 13.0 Å². The van der Waals surface area contributed by atoms with Crippen molar-refractivity contribution in [1.82, 2.24) is 10.1 Å². The van der Waals surface area contributed by atoms with Crippen molar-refractivity contribution in [3.05, 3.63) is 29.9 Å². The Kier molecular flexibility index (Phi) is 3.43. The van der Waals surface area contributed by atoms with Gasteiger partial charge in [0.1, 0.15) is 0 Å². The number of hydrogen-bond acceptors (Lipinski definition) is 7. The minimum Gasteiger partial charge on any atom is -0.397 e. The number of hydrogen-bond donors (Lipinski definition) is 2. The maximum absolute atomic E-state index is 11.4. The first-order chi connectivity index (χ1) is 8.86. The Balaban J connectivity index is 2.14. The van der Waals surface area contributed by atoms with Crippen LogP contribution in [-0.4, -0.2) is 24.8 Å². The Morgan fingerprint density at radius 1 is 1.42 bits per heavy atom. The molecule has 0 bridgehead atoms. The Hall–Kier alpha value is -2.09. The minimum atomic E-state index is -3.25. The van der Waals surface area contributed by atoms with Gasteiger partial charge >= 0.3 is 0 Å². The maximum Gasteiger partial charge on any atom is 0.245 e. The number of rotatable bonds is 4. The topological polar surface area (TPSA) is 111 Å². The highest BCUT2D eigenvalue weighted by molar-refractivity contribution is 7.90. The van der Waals surface area contributed by atoms with Crippen LogP contribution in [0.5, 0.6) is 0 Å². The molecule has 0 fully saturated rings. The standard InChI is InChI=1S/C11H14N4O3S/c1-7-14-11(18-15-7)6-13-10-4-3-8(5-9(10)12)19(2,16)17/h3-5,13H,6,12H2,1-2H3. The zero-order valence-electron chi connectivity index (χ0n) is 10.5. The fourth-order valence-corrected chi connectivity index (χ4v) is 2.17. The molecule has 0 saturated carbocycles. The molecule has 1 aromatic heterocycles. The van der Waals surface area contributed by atoms with E-state index in [4.69, 9.17) is 10.3 Å². The third-order valence-corrected chi connectivity index (χ3v) is 3.56. The van der Waals surface area contributed by atoms with E-state index < -0.39 is 9.84 Å². The molecule has 2 aromatic rings. The lowest BCUT2D eigenvalue weighted by Gasteiger charge is -2.08. The van der Waals surface area contributed by atoms with Crippen molar-refractivity contribution in [3.63, 3.8) is 0 Å². The van der Waals surface area contributed by atoms with Crippen molar-refractivity contribution in [1.29, 1.82) is 0 Å². The number of nitrogens with zero attached hydrogens (tertiary/aromatic N) is 2. The van der Waals surface area contributed by atoms with Gasteiger partial charge in [-0.25, -0.2) is 8.42 Å². The van der Waals surface area contributed by atoms with Crippen LogP contribution in [0.4, 0.5) is 11.4 Å². The first kappa shape index (κ1) is 13.3. The normalized spacial score (nSPS) is 11.5. The molecule has 0 radical (unpaired) electrons. The molecule has 2 rings (SSSR count). The average Bonchev–Trinajstić information content (AvgIpc) is 2.72. The molecular formula is C11H14N4O3S. The second-order valence-electron chi connectivity index (χ2n) is 4.11. The first-order valence-corrected chi connectivity index (χ1v) is 7.38. The number of sulfone groups is 1. The van der Waals surface area contributed by atoms with Crippen LogP contribution in [0, 0.1) is 6.92 Å². The third-order valence-electron chi connectivity index (χ3n) is 2.45. The lowest BCUT2D eigenvalue weighted by molar-refractivity contribution is 0.379. The van der Waals surface area contributed by atoms with E-state index in [1.807, 2.05) is 0 Å². The smallest absolute Gasteiger partial charge is 0.245 e. The van der Waals surface area contributed by atoms with E-state index in [0.717, 1.165) is 6.26 Å². The summed E-state index contributed by atoms with van der Waals surface area (Å²) in [4.78, 5) is 4.22. The fraction of sp³-hybridized carbons (Fsp3) is 0.273. The summed E-state index contributed by atoms with van der Waals surface area (Å²) in [6.07, 6.45) is 1.14. The number of nitrogens with one attached hydrogen (secondary N) is 1. The van der Waals surface area contributed by atoms with E-state index in [1.165, 1.54) is 12.1 Å². The fourth-order valence-electron chi connectivity index (χ4n) is 1.52. The Bertz CT molecular complexity index is 694. The van der Waals surface area contributed by atoms with Crippen LogP contribution in [0.15, 0.2) is 27.6 Å². The number of nitrogen functional groups attached to an aromatic ring is 1. The summed E-state index contributed by atoms with van der Waals surface area (Å²) in [6.45, 7) is 2.05. The van der Waals surface area contributed by atoms with Gasteiger partial charge in [0.15, 0.2) is 15.7 Å². The second kappa shape index (κ2) is 4.88. The van der Waals surface area contributed by atoms with Gasteiger partial charge in [-0.3, -0.25) is 0 Å². The van der Waals surface area contributed by atoms with E-state index in [9.17, 15) is 8.42 Å². The minimum absolute atomic E-state index is 0.184. The predicted molar refractivity (Wildman–Crippen MR) is 70.3 cm³/mol. The molecule has 0 aliphatic carbocycles. The SMILES string of the molecule is Cc1noc(CNc2ccc(S(C)(=O)=O)cc2N)n1. The van der Waals surface area contributed by atoms with Crippen LogP contribution >= 0.6 is 0 Å². The number of aryl methyl sites for hydroxylation is 1. The molecule has 102 valence electrons. The lowest BCUT2D eigenvalue weighted by atomic mass is 10.2. The molecule has 0 atom stereocenters. The quantitative estimate of drug-likeness (QED) is 0.804. The van der Waals surface area contributed by atoms with Crippen molar-refractivity contribution in [2.45, 2.75) is 18.4 Å². The van der Waals surface area contributed by atoms with Gasteiger partial charge < -0.3 is 15.6 Å². The first-order valence-electron chi connectivity index (χ1n) is 5.49. The van der Waals surface area contributed by atoms with Crippen molar-refractivity contribution < 1.29 is 12.9 Å². The average molecular weight is 282 g/mol. The lowest BCUT2D eigenvalue weighted by Crippen LogP contribution is -2.05. The second-order valence-corrected chi connectivity index (χ2v) is 6.13. The molecule has 19 heavy (non-hydrogen) atoms. The highest BCUT2D eigenvalue weighted by atomic mass is 32.2. The summed E-state index contributed by atoms with van der Waals surface area (Å²) in [5.74, 6) is 0.987. The Labute approximate surface area is 110 Å². The highest BCUT2D eigenvalue weighted by Gasteiger charge is 2.10. The van der Waals surface area contributed by atoms with Crippen LogP contribution in [0.1, 0.15) is 11.7 Å². The molecule has 8 heteroatoms. The van der Waals surface area contributed by atoms with Crippen LogP contribution in [0.2, 0.25) is 0 Å². The van der Waals surface area contributed by atoms with E-state index in [0.29, 0.717) is 29.6 Å². The number of anilines is 2. The van der Waals surface area contributed by atoms with Crippen molar-refractivity contribution in [3.8, 4) is 0 Å². The molecule has 3 N–H and O–H groups in total. The summed E-state index contributed by atoms with van der Waals surface area (Å²) in [6, 6.07) is 4.51. The van der Waals surface area contributed by atoms with Gasteiger partial charge in [0.25, 0.3) is 0 Å². The maximum atomic E-state index is 11.4. The van der Waals surface area contributed by atoms with Gasteiger partial charge in [0, 0.05) is 6.26 Å². The van der Waals surface area contributed by atoms with Gasteiger partial charge in [-0.15, -0.1) is 0 Å². The van der Waals surface area contributed by atoms with E-state index in [2.05, 4.69) is 15.5 Å². The summed E-state index contributed by atoms with van der Waals surface area (Å²) in [5, 5.41) is 6.67. The predicted octanol–water partition coefficient (Wildman–Crippen LogP) is 0.976. The van der Waals surface area contributed by atoms with Gasteiger partial charge in [-0.1, -0.05) is 5.16 Å². The molecule has 0 unspecified atom stereocenters. The molecule has 0 amide bonds. The Morgan fingerprint density at radius 3 is 2.68 bits per heavy atom. The zero-order valence-corrected chi connectivity index (χ0v) is 11.4. The molecule has 1 aromatic carbocycles. The largest absolute Gasteiger partial charge is 0.397 e. The van der Waals surface area contributed by atoms with Crippen molar-refractivity contribution >= 4 is 21.2 Å². The highest BCUT2D eigenvalue weighted by Crippen LogP contribution is 2.22. The van der Waals surface area contributed by atoms with Crippen molar-refractivity contribution in [2.75, 3.05) is 17.3 Å². The van der Waals surface area contributed by atoms with Crippen LogP contribution in [0.3, 0.4) is 0 Å². The monoisotopic (exact) mass is 282 g/mol.